The fourth-order valence-electron chi connectivity index (χ4n) is 9.85. The van der Waals surface area contributed by atoms with Gasteiger partial charge in [0, 0.05) is 17.4 Å². The molecule has 0 unspecified atom stereocenters. The second kappa shape index (κ2) is 24.1. The summed E-state index contributed by atoms with van der Waals surface area (Å²) in [7, 11) is -8.42. The molecule has 4 saturated heterocycles. The number of rotatable bonds is 14. The van der Waals surface area contributed by atoms with E-state index in [-0.39, 0.29) is 74.9 Å². The summed E-state index contributed by atoms with van der Waals surface area (Å²) in [6.45, 7) is -1.67. The van der Waals surface area contributed by atoms with E-state index in [4.69, 9.17) is 47.0 Å². The number of nitrogens with two attached hydrogens (primary N) is 5. The normalized spacial score (nSPS) is 28.6. The Morgan fingerprint density at radius 1 is 0.535 bits per heavy atom. The molecule has 0 aliphatic carbocycles. The summed E-state index contributed by atoms with van der Waals surface area (Å²) in [6.07, 6.45) is -9.76. The number of nitrogen functional groups attached to an aromatic ring is 4. The number of alkyl halides is 1. The molecule has 0 spiro atoms. The number of hydrogen-bond donors (Lipinski definition) is 19. The minimum Gasteiger partial charge on any atom is -0.394 e. The SMILES string of the molecule is Nc1nc2c(ncn2[C@@H]2O[C@H](CI)[C@@H](O)[C@H]2O)c(=O)[nH]1.Nc1nc2c(ncn2[C@@H]2O[C@H](CNS(=O)(=O)N[C@H]3[C@@H](O)[C@H](n4cnc5c(=O)[nH]c(N)nc54)O[C@@H]3CO)[C@@H](O)[C@H]2O)c(=O)[nH]1.Nc1nc2c(ncn2[C@H]2C[C@H](NS(N)(=O)=O)[C@@H](CO)O2)c(=O)[nH]1. The molecule has 4 aliphatic rings. The van der Waals surface area contributed by atoms with Crippen LogP contribution in [0.15, 0.2) is 44.5 Å². The van der Waals surface area contributed by atoms with E-state index in [1.165, 1.54) is 30.9 Å². The smallest absolute Gasteiger partial charge is 0.280 e. The summed E-state index contributed by atoms with van der Waals surface area (Å²) in [5, 5.41) is 76.2. The van der Waals surface area contributed by atoms with E-state index in [0.29, 0.717) is 4.43 Å². The quantitative estimate of drug-likeness (QED) is 0.0355. The zero-order valence-corrected chi connectivity index (χ0v) is 47.3. The van der Waals surface area contributed by atoms with Crippen molar-refractivity contribution in [1.82, 2.24) is 92.2 Å². The van der Waals surface area contributed by atoms with Gasteiger partial charge in [0.2, 0.25) is 23.8 Å². The number of aliphatic hydroxyl groups is 7. The fourth-order valence-corrected chi connectivity index (χ4v) is 12.4. The van der Waals surface area contributed by atoms with E-state index < -0.39 is 154 Å². The van der Waals surface area contributed by atoms with Crippen molar-refractivity contribution in [3.05, 3.63) is 66.7 Å². The van der Waals surface area contributed by atoms with Crippen molar-refractivity contribution in [2.75, 3.05) is 47.1 Å². The molecule has 0 aromatic carbocycles. The van der Waals surface area contributed by atoms with Crippen LogP contribution in [0.3, 0.4) is 0 Å². The number of aromatic nitrogens is 16. The number of halogens is 1. The highest BCUT2D eigenvalue weighted by molar-refractivity contribution is 14.1. The Hall–Kier alpha value is -7.37. The molecule has 15 atom stereocenters. The van der Waals surface area contributed by atoms with Crippen LogP contribution < -0.4 is 64.5 Å². The van der Waals surface area contributed by atoms with Crippen molar-refractivity contribution >= 4 is 111 Å². The number of ether oxygens (including phenoxy) is 4. The van der Waals surface area contributed by atoms with Crippen LogP contribution >= 0.6 is 22.6 Å². The standard InChI is InChI=1S/C20H26N12O10S.C10H12IN5O4.C10H15N7O5S/c21-19-26-13-8(15(37)28-19)23-3-31(13)17-11(35)7(6(2-33)42-17)30-43(39,40)25-1-5-10(34)12(36)18(41-5)32-4-24-9-14(32)27-20(22)29-16(9)38;11-1-3-5(17)6(18)9(20-3)16-2-13-4-7(16)14-10(12)15-8(4)19;11-10-14-8-7(9(19)15-10)13-3-17(8)6-1-4(5(2-18)22-6)16-23(12,20)21/h3-7,10-12,17-18,25,30,33-36H,1-2H2,(H3,21,26,28,37)(H3,22,27,29,38);2-3,5-6,9,17-18H,1H2,(H3,12,14,15,19);3-6,16,18H,1-2H2,(H2,12,20,21)(H3,11,14,15,19)/t5-,6-,7-,10-,11-,12-,17-,18-;3-,5-,6-,9-;4-,5+,6+/m110/s1. The highest BCUT2D eigenvalue weighted by atomic mass is 127. The largest absolute Gasteiger partial charge is 0.394 e. The lowest BCUT2D eigenvalue weighted by atomic mass is 10.1. The summed E-state index contributed by atoms with van der Waals surface area (Å²) in [4.78, 5) is 88.6. The summed E-state index contributed by atoms with van der Waals surface area (Å²) < 4.78 is 83.1. The van der Waals surface area contributed by atoms with Crippen molar-refractivity contribution in [3.63, 3.8) is 0 Å². The number of H-pyrrole nitrogens is 4. The van der Waals surface area contributed by atoms with E-state index in [9.17, 15) is 71.8 Å². The number of aliphatic hydroxyl groups excluding tert-OH is 7. The van der Waals surface area contributed by atoms with Crippen LogP contribution in [-0.2, 0) is 39.4 Å². The Bertz CT molecular complexity index is 4310. The summed E-state index contributed by atoms with van der Waals surface area (Å²) in [5.41, 5.74) is 20.3. The average molecular weight is 1370 g/mol. The van der Waals surface area contributed by atoms with E-state index in [1.807, 2.05) is 0 Å². The molecule has 86 heavy (non-hydrogen) atoms. The second-order valence-corrected chi connectivity index (χ2v) is 23.1. The Morgan fingerprint density at radius 2 is 0.907 bits per heavy atom. The third-order valence-electron chi connectivity index (χ3n) is 13.8. The predicted octanol–water partition coefficient (Wildman–Crippen LogP) is -10.0. The maximum atomic E-state index is 13.0. The third-order valence-corrected chi connectivity index (χ3v) is 16.4. The number of anilines is 4. The molecule has 466 valence electrons. The first-order chi connectivity index (χ1) is 40.7. The van der Waals surface area contributed by atoms with Crippen LogP contribution in [0.25, 0.3) is 44.7 Å². The molecule has 0 bridgehead atoms. The van der Waals surface area contributed by atoms with Gasteiger partial charge in [-0.1, -0.05) is 22.6 Å². The highest BCUT2D eigenvalue weighted by Crippen LogP contribution is 2.35. The van der Waals surface area contributed by atoms with E-state index in [2.05, 4.69) is 96.6 Å². The number of hydrogen-bond acceptors (Lipinski definition) is 31. The summed E-state index contributed by atoms with van der Waals surface area (Å²) in [6, 6.07) is -2.12. The molecule has 0 radical (unpaired) electrons. The minimum absolute atomic E-state index is 0.0339. The number of fused-ring (bicyclic) bond motifs is 4. The molecular weight excluding hydrogens is 1310 g/mol. The molecule has 4 fully saturated rings. The molecule has 0 saturated carbocycles. The van der Waals surface area contributed by atoms with Crippen LogP contribution in [0.2, 0.25) is 0 Å². The van der Waals surface area contributed by atoms with Crippen molar-refractivity contribution in [2.45, 2.75) is 98.4 Å². The Balaban J connectivity index is 0.000000159. The summed E-state index contributed by atoms with van der Waals surface area (Å²) >= 11 is 2.06. The predicted molar refractivity (Wildman–Crippen MR) is 297 cm³/mol. The van der Waals surface area contributed by atoms with Crippen LogP contribution in [0.5, 0.6) is 0 Å². The molecule has 24 N–H and O–H groups in total. The van der Waals surface area contributed by atoms with Gasteiger partial charge in [-0.25, -0.2) is 25.1 Å². The Labute approximate surface area is 490 Å². The van der Waals surface area contributed by atoms with Crippen molar-refractivity contribution < 1.29 is 71.5 Å². The fraction of sp³-hybridized carbons (Fsp3) is 0.500. The molecule has 8 aromatic rings. The van der Waals surface area contributed by atoms with Crippen molar-refractivity contribution in [2.24, 2.45) is 5.14 Å². The third kappa shape index (κ3) is 12.1. The molecular formula is C40H53IN24O19S2. The molecule has 0 amide bonds. The van der Waals surface area contributed by atoms with Crippen LogP contribution in [-0.4, -0.2) is 222 Å². The van der Waals surface area contributed by atoms with Gasteiger partial charge in [0.25, 0.3) is 42.7 Å². The van der Waals surface area contributed by atoms with Gasteiger partial charge in [-0.3, -0.25) is 57.4 Å². The van der Waals surface area contributed by atoms with Gasteiger partial charge >= 0.3 is 0 Å². The molecule has 4 aliphatic heterocycles. The monoisotopic (exact) mass is 1360 g/mol. The Morgan fingerprint density at radius 3 is 1.30 bits per heavy atom. The maximum Gasteiger partial charge on any atom is 0.280 e. The van der Waals surface area contributed by atoms with Crippen LogP contribution in [0, 0.1) is 0 Å². The first-order valence-corrected chi connectivity index (χ1v) is 29.5. The maximum absolute atomic E-state index is 13.0. The van der Waals surface area contributed by atoms with Crippen molar-refractivity contribution in [3.8, 4) is 0 Å². The molecule has 8 aromatic heterocycles. The number of imidazole rings is 4. The molecule has 12 heterocycles. The van der Waals surface area contributed by atoms with Crippen LogP contribution in [0.1, 0.15) is 31.3 Å². The van der Waals surface area contributed by atoms with E-state index in [1.54, 1.807) is 0 Å². The summed E-state index contributed by atoms with van der Waals surface area (Å²) in [5.74, 6) is -0.590. The first kappa shape index (κ1) is 61.7. The van der Waals surface area contributed by atoms with Gasteiger partial charge in [0.15, 0.2) is 63.3 Å². The first-order valence-electron chi connectivity index (χ1n) is 25.0. The van der Waals surface area contributed by atoms with Gasteiger partial charge in [0.1, 0.15) is 49.0 Å². The number of nitrogens with zero attached hydrogens (tertiary/aromatic N) is 12. The number of nitrogens with one attached hydrogen (secondary N) is 7. The van der Waals surface area contributed by atoms with Crippen LogP contribution in [0.4, 0.5) is 23.8 Å². The topological polar surface area (TPSA) is 667 Å². The second-order valence-electron chi connectivity index (χ2n) is 19.4. The highest BCUT2D eigenvalue weighted by Gasteiger charge is 2.49. The van der Waals surface area contributed by atoms with Gasteiger partial charge in [-0.2, -0.15) is 50.9 Å². The lowest BCUT2D eigenvalue weighted by molar-refractivity contribution is -0.0489. The van der Waals surface area contributed by atoms with Gasteiger partial charge < -0.3 is 77.6 Å². The lowest BCUT2D eigenvalue weighted by Gasteiger charge is -2.22. The Kier molecular flexibility index (Phi) is 17.3. The van der Waals surface area contributed by atoms with Crippen molar-refractivity contribution in [1.29, 1.82) is 0 Å². The zero-order valence-electron chi connectivity index (χ0n) is 43.5. The minimum atomic E-state index is -4.47. The zero-order chi connectivity index (χ0) is 62.0. The van der Waals surface area contributed by atoms with Gasteiger partial charge in [-0.05, 0) is 0 Å². The molecule has 46 heteroatoms. The lowest BCUT2D eigenvalue weighted by Crippen LogP contribution is -2.53. The van der Waals surface area contributed by atoms with Gasteiger partial charge in [0.05, 0.1) is 62.8 Å². The van der Waals surface area contributed by atoms with Gasteiger partial charge in [-0.15, -0.1) is 0 Å². The average Bonchev–Trinajstić information content (AvgIpc) is 2.07. The molecule has 43 nitrogen and oxygen atoms in total. The van der Waals surface area contributed by atoms with E-state index in [0.717, 1.165) is 12.7 Å². The van der Waals surface area contributed by atoms with E-state index >= 15 is 0 Å². The molecule has 12 rings (SSSR count). The number of aromatic amines is 4.